The van der Waals surface area contributed by atoms with Gasteiger partial charge in [0.25, 0.3) is 0 Å². The number of rotatable bonds is 25. The second-order valence-corrected chi connectivity index (χ2v) is 24.5. The van der Waals surface area contributed by atoms with Gasteiger partial charge in [0.2, 0.25) is 17.7 Å². The van der Waals surface area contributed by atoms with Crippen LogP contribution in [0.3, 0.4) is 0 Å². The van der Waals surface area contributed by atoms with Crippen molar-refractivity contribution in [2.75, 3.05) is 109 Å². The third kappa shape index (κ3) is 14.4. The van der Waals surface area contributed by atoms with Crippen molar-refractivity contribution >= 4 is 62.1 Å². The zero-order valence-corrected chi connectivity index (χ0v) is 51.4. The van der Waals surface area contributed by atoms with Crippen LogP contribution in [0.15, 0.2) is 96.9 Å². The molecule has 0 radical (unpaired) electrons. The van der Waals surface area contributed by atoms with Crippen LogP contribution in [0.25, 0.3) is 32.8 Å². The van der Waals surface area contributed by atoms with Crippen LogP contribution in [0.4, 0.5) is 11.5 Å². The maximum absolute atomic E-state index is 14.4. The molecule has 1 saturated carbocycles. The number of amides is 3. The van der Waals surface area contributed by atoms with Crippen LogP contribution in [-0.4, -0.2) is 177 Å². The van der Waals surface area contributed by atoms with E-state index in [1.54, 1.807) is 23.3 Å². The molecule has 2 N–H and O–H groups in total. The number of ether oxygens (including phenoxy) is 5. The number of thiazole rings is 1. The van der Waals surface area contributed by atoms with E-state index in [2.05, 4.69) is 111 Å². The lowest BCUT2D eigenvalue weighted by Gasteiger charge is -2.42. The fourth-order valence-electron chi connectivity index (χ4n) is 13.4. The molecule has 2 unspecified atom stereocenters. The highest BCUT2D eigenvalue weighted by Gasteiger charge is 2.41. The monoisotopic (exact) mass is 1200 g/mol. The Morgan fingerprint density at radius 2 is 1.56 bits per heavy atom. The van der Waals surface area contributed by atoms with Crippen LogP contribution in [0.5, 0.6) is 11.8 Å². The van der Waals surface area contributed by atoms with Crippen molar-refractivity contribution in [3.63, 3.8) is 0 Å². The van der Waals surface area contributed by atoms with Gasteiger partial charge in [-0.2, -0.15) is 15.2 Å². The number of hydrogen-bond acceptors (Lipinski definition) is 17. The second-order valence-electron chi connectivity index (χ2n) is 23.6. The summed E-state index contributed by atoms with van der Waals surface area (Å²) < 4.78 is 31.0. The molecule has 6 heterocycles. The van der Waals surface area contributed by atoms with Crippen LogP contribution in [0, 0.1) is 17.2 Å². The largest absolute Gasteiger partial charge is 0.491 e. The average molecular weight is 1200 g/mol. The van der Waals surface area contributed by atoms with E-state index in [0.717, 1.165) is 120 Å². The third-order valence-corrected chi connectivity index (χ3v) is 19.2. The summed E-state index contributed by atoms with van der Waals surface area (Å²) in [5, 5.41) is 23.3. The number of fused-ring (bicyclic) bond motifs is 3. The molecular formula is C67H83N11O8S. The third-order valence-electron chi connectivity index (χ3n) is 18.2. The van der Waals surface area contributed by atoms with Crippen molar-refractivity contribution in [1.82, 2.24) is 40.3 Å². The van der Waals surface area contributed by atoms with Gasteiger partial charge in [-0.1, -0.05) is 86.5 Å². The van der Waals surface area contributed by atoms with Gasteiger partial charge in [0.1, 0.15) is 35.8 Å². The summed E-state index contributed by atoms with van der Waals surface area (Å²) in [5.41, 5.74) is 5.04. The summed E-state index contributed by atoms with van der Waals surface area (Å²) in [5.74, 6) is 1.42. The number of carbonyl (C=O) groups excluding carboxylic acids is 3. The number of nitriles is 1. The Hall–Kier alpha value is -7.25. The lowest BCUT2D eigenvalue weighted by atomic mass is 9.83. The number of carbonyl (C=O) groups is 3. The highest BCUT2D eigenvalue weighted by atomic mass is 32.1. The molecule has 0 spiro atoms. The first-order valence-corrected chi connectivity index (χ1v) is 32.1. The molecule has 2 aromatic heterocycles. The Morgan fingerprint density at radius 3 is 2.37 bits per heavy atom. The summed E-state index contributed by atoms with van der Waals surface area (Å²) in [6, 6.07) is 28.5. The van der Waals surface area contributed by atoms with E-state index in [1.807, 2.05) is 30.0 Å². The van der Waals surface area contributed by atoms with Gasteiger partial charge in [-0.25, -0.2) is 4.98 Å². The molecule has 0 bridgehead atoms. The Kier molecular flexibility index (Phi) is 20.6. The molecule has 6 atom stereocenters. The van der Waals surface area contributed by atoms with Crippen molar-refractivity contribution < 1.29 is 38.1 Å². The Morgan fingerprint density at radius 1 is 0.793 bits per heavy atom. The highest BCUT2D eigenvalue weighted by Crippen LogP contribution is 2.41. The minimum Gasteiger partial charge on any atom is -0.491 e. The summed E-state index contributed by atoms with van der Waals surface area (Å²) in [6.45, 7) is 12.8. The minimum atomic E-state index is -0.535. The number of aromatic nitrogens is 3. The molecule has 4 fully saturated rings. The smallest absolute Gasteiger partial charge is 0.318 e. The number of benzene rings is 4. The molecule has 460 valence electrons. The van der Waals surface area contributed by atoms with Gasteiger partial charge in [0, 0.05) is 78.3 Å². The fourth-order valence-corrected chi connectivity index (χ4v) is 14.3. The molecule has 19 nitrogen and oxygen atoms in total. The number of likely N-dealkylation sites (N-methyl/N-ethyl adjacent to an activating group) is 2. The van der Waals surface area contributed by atoms with Gasteiger partial charge in [-0.3, -0.25) is 19.3 Å². The standard InChI is InChI=1S/C67H83N11O8S/c1-5-61(79)77-32-31-76(40-48(77)26-28-68)63-55-27-30-75(58-22-13-18-46-15-9-10-19-51(46)58)42-56(55)71-67(73-63)86-43-49-39-50(41-74(49)4)84-37-35-82-33-34-83-36-38-85-60-25-24-53(52-20-11-12-21-54(52)60)57-44-87-65(70-57)59-23-14-29-78(59)66(81)62(47-16-7-6-8-17-47)72-64(80)45(2)69-3/h5,9-13,15,18-22,24-25,44-45,47-50,59,62,69H,1,6-8,14,16-17,23,26-27,29-43H2,2-4H3,(H,72,80)/t45?,48-,49-,50+,59-,62?/m0/s1. The second kappa shape index (κ2) is 29.2. The van der Waals surface area contributed by atoms with Crippen LogP contribution < -0.4 is 29.9 Å². The lowest BCUT2D eigenvalue weighted by Crippen LogP contribution is -2.55. The molecule has 87 heavy (non-hydrogen) atoms. The lowest BCUT2D eigenvalue weighted by molar-refractivity contribution is -0.139. The number of hydrogen-bond donors (Lipinski definition) is 2. The number of likely N-dealkylation sites (tertiary alicyclic amines) is 2. The number of nitrogens with one attached hydrogen (secondary N) is 2. The summed E-state index contributed by atoms with van der Waals surface area (Å²) in [7, 11) is 3.85. The Labute approximate surface area is 514 Å². The van der Waals surface area contributed by atoms with E-state index in [-0.39, 0.29) is 60.3 Å². The zero-order chi connectivity index (χ0) is 60.2. The van der Waals surface area contributed by atoms with Gasteiger partial charge < -0.3 is 53.9 Å². The van der Waals surface area contributed by atoms with E-state index < -0.39 is 6.04 Å². The number of anilines is 2. The van der Waals surface area contributed by atoms with Crippen molar-refractivity contribution in [2.24, 2.45) is 5.92 Å². The maximum atomic E-state index is 14.4. The first kappa shape index (κ1) is 61.4. The van der Waals surface area contributed by atoms with E-state index in [1.165, 1.54) is 23.3 Å². The fraction of sp³-hybridized carbons (Fsp3) is 0.507. The van der Waals surface area contributed by atoms with Crippen LogP contribution in [0.2, 0.25) is 0 Å². The summed E-state index contributed by atoms with van der Waals surface area (Å²) >= 11 is 1.60. The zero-order valence-electron chi connectivity index (χ0n) is 50.6. The maximum Gasteiger partial charge on any atom is 0.318 e. The van der Waals surface area contributed by atoms with Crippen LogP contribution in [-0.2, 0) is 41.6 Å². The number of nitrogens with zero attached hydrogens (tertiary/aromatic N) is 9. The molecule has 6 aromatic rings. The van der Waals surface area contributed by atoms with Gasteiger partial charge in [0.05, 0.1) is 87.7 Å². The normalized spacial score (nSPS) is 20.8. The van der Waals surface area contributed by atoms with Crippen molar-refractivity contribution in [1.29, 1.82) is 5.26 Å². The van der Waals surface area contributed by atoms with Gasteiger partial charge >= 0.3 is 6.01 Å². The molecule has 4 aromatic carbocycles. The molecule has 4 aliphatic heterocycles. The summed E-state index contributed by atoms with van der Waals surface area (Å²) in [6.07, 6.45) is 10.0. The van der Waals surface area contributed by atoms with Gasteiger partial charge in [0.15, 0.2) is 0 Å². The molecule has 3 saturated heterocycles. The van der Waals surface area contributed by atoms with Gasteiger partial charge in [-0.15, -0.1) is 11.3 Å². The molecule has 11 rings (SSSR count). The molecule has 20 heteroatoms. The van der Waals surface area contributed by atoms with E-state index in [0.29, 0.717) is 85.0 Å². The van der Waals surface area contributed by atoms with E-state index >= 15 is 0 Å². The predicted molar refractivity (Wildman–Crippen MR) is 338 cm³/mol. The Balaban J connectivity index is 0.629. The van der Waals surface area contributed by atoms with Crippen molar-refractivity contribution in [3.8, 4) is 29.1 Å². The molecule has 5 aliphatic rings. The molecule has 3 amide bonds. The Bertz CT molecular complexity index is 3400. The summed E-state index contributed by atoms with van der Waals surface area (Å²) in [4.78, 5) is 66.3. The van der Waals surface area contributed by atoms with E-state index in [4.69, 9.17) is 38.6 Å². The molecular weight excluding hydrogens is 1120 g/mol. The van der Waals surface area contributed by atoms with Gasteiger partial charge in [-0.05, 0) is 101 Å². The number of piperazine rings is 1. The molecule has 1 aliphatic carbocycles. The van der Waals surface area contributed by atoms with Crippen LogP contribution in [0.1, 0.15) is 87.0 Å². The quantitative estimate of drug-likeness (QED) is 0.0408. The van der Waals surface area contributed by atoms with Crippen LogP contribution >= 0.6 is 11.3 Å². The SMILES string of the molecule is C=CC(=O)N1CCN(c2nc(OC[C@@H]3C[C@@H](OCCOCCOCCOc4ccc(-c5csc([C@@H]6CCCN6C(=O)C(NC(=O)C(C)NC)C6CCCCC6)n5)c5ccccc45)CN3C)nc3c2CCN(c2cccc4ccccc24)C3)C[C@@H]1CC#N. The first-order valence-electron chi connectivity index (χ1n) is 31.2. The van der Waals surface area contributed by atoms with Crippen molar-refractivity contribution in [3.05, 3.63) is 113 Å². The topological polar surface area (TPSA) is 200 Å². The minimum absolute atomic E-state index is 0.0132. The average Bonchev–Trinajstić information content (AvgIpc) is 1.98. The van der Waals surface area contributed by atoms with Crippen molar-refractivity contribution in [2.45, 2.75) is 114 Å². The first-order chi connectivity index (χ1) is 42.6. The predicted octanol–water partition coefficient (Wildman–Crippen LogP) is 8.50. The van der Waals surface area contributed by atoms with E-state index in [9.17, 15) is 19.6 Å². The highest BCUT2D eigenvalue weighted by molar-refractivity contribution is 7.10.